The zero-order valence-corrected chi connectivity index (χ0v) is 29.7. The second-order valence-corrected chi connectivity index (χ2v) is 15.5. The maximum absolute atomic E-state index is 14.8. The van der Waals surface area contributed by atoms with Crippen molar-refractivity contribution in [3.63, 3.8) is 0 Å². The van der Waals surface area contributed by atoms with E-state index in [4.69, 9.17) is 18.9 Å². The second kappa shape index (κ2) is 12.6. The monoisotopic (exact) mass is 662 g/mol. The van der Waals surface area contributed by atoms with Gasteiger partial charge in [0.25, 0.3) is 0 Å². The fourth-order valence-electron chi connectivity index (χ4n) is 6.89. The molecule has 4 aliphatic rings. The number of phenols is 1. The summed E-state index contributed by atoms with van der Waals surface area (Å²) in [4.78, 5) is 38.9. The zero-order valence-electron chi connectivity index (χ0n) is 29.7. The number of ketones is 1. The summed E-state index contributed by atoms with van der Waals surface area (Å²) < 4.78 is 26.5. The highest BCUT2D eigenvalue weighted by Gasteiger charge is 2.54. The normalized spacial score (nSPS) is 31.2. The van der Waals surface area contributed by atoms with E-state index < -0.39 is 46.2 Å². The Labute approximate surface area is 283 Å². The number of carboxylic acid groups (broad SMARTS) is 1. The number of fused-ring (bicyclic) bond motifs is 3. The molecule has 0 aliphatic carbocycles. The molecular formula is C39H50O9. The molecule has 2 N–H and O–H groups in total. The van der Waals surface area contributed by atoms with Crippen LogP contribution in [-0.2, 0) is 25.5 Å². The Bertz CT molecular complexity index is 1640. The zero-order chi connectivity index (χ0) is 35.4. The predicted molar refractivity (Wildman–Crippen MR) is 183 cm³/mol. The topological polar surface area (TPSA) is 132 Å². The molecule has 0 bridgehead atoms. The quantitative estimate of drug-likeness (QED) is 0.120. The van der Waals surface area contributed by atoms with Gasteiger partial charge in [-0.3, -0.25) is 4.79 Å². The van der Waals surface area contributed by atoms with Gasteiger partial charge in [-0.1, -0.05) is 23.8 Å². The molecule has 0 amide bonds. The Kier molecular flexibility index (Phi) is 9.38. The number of aldehydes is 1. The molecule has 48 heavy (non-hydrogen) atoms. The summed E-state index contributed by atoms with van der Waals surface area (Å²) in [5.74, 6) is -1.75. The minimum Gasteiger partial charge on any atom is -0.506 e. The maximum Gasteiger partial charge on any atom is 0.330 e. The first-order valence-corrected chi connectivity index (χ1v) is 16.9. The lowest BCUT2D eigenvalue weighted by molar-refractivity contribution is -0.137. The highest BCUT2D eigenvalue weighted by atomic mass is 16.6. The van der Waals surface area contributed by atoms with Crippen molar-refractivity contribution < 1.29 is 43.5 Å². The van der Waals surface area contributed by atoms with Gasteiger partial charge < -0.3 is 34.0 Å². The number of carbonyl (C=O) groups is 3. The SMILES string of the molecule is CC(C)=CCC[C@]1(C)C=Cc2c(O)c3c(c(CC4OC4(C)C)c2O1)O[C@@]1(C)/C(=C\C(C=O)CCC(C)(C)O[C@@H]1C/C=C(/C)C(=O)O)C3=O. The van der Waals surface area contributed by atoms with Gasteiger partial charge in [-0.2, -0.15) is 0 Å². The van der Waals surface area contributed by atoms with Gasteiger partial charge in [0.2, 0.25) is 0 Å². The first-order valence-electron chi connectivity index (χ1n) is 16.9. The standard InChI is InChI=1S/C39H50O9/c1-22(2)11-10-16-38(8)18-15-25-31(41)30-32(42)27-19-24(21-40)14-17-36(4,5)45-28(13-12-23(3)35(43)44)39(27,9)48-34(30)26(33(25)47-38)20-29-37(6,7)46-29/h11-12,15,18-19,21,24,28-29,41H,10,13-14,16-17,20H2,1-9H3,(H,43,44)/b23-12-,27-19-/t24?,28-,29?,38-,39+/m1/s1. The molecule has 9 heteroatoms. The summed E-state index contributed by atoms with van der Waals surface area (Å²) in [6, 6.07) is 0. The number of aliphatic carboxylic acids is 1. The number of epoxide rings is 1. The molecular weight excluding hydrogens is 612 g/mol. The highest BCUT2D eigenvalue weighted by Crippen LogP contribution is 2.55. The Hall–Kier alpha value is -3.69. The minimum absolute atomic E-state index is 0.00601. The average molecular weight is 663 g/mol. The van der Waals surface area contributed by atoms with Gasteiger partial charge >= 0.3 is 5.97 Å². The van der Waals surface area contributed by atoms with Gasteiger partial charge in [0.05, 0.1) is 22.9 Å². The first kappa shape index (κ1) is 35.6. The number of rotatable bonds is 9. The lowest BCUT2D eigenvalue weighted by Gasteiger charge is -2.45. The molecule has 0 radical (unpaired) electrons. The molecule has 4 heterocycles. The molecule has 9 nitrogen and oxygen atoms in total. The molecule has 1 aromatic rings. The average Bonchev–Trinajstić information content (AvgIpc) is 3.59. The van der Waals surface area contributed by atoms with E-state index in [1.807, 2.05) is 46.8 Å². The smallest absolute Gasteiger partial charge is 0.330 e. The van der Waals surface area contributed by atoms with E-state index in [0.29, 0.717) is 42.6 Å². The molecule has 5 atom stereocenters. The van der Waals surface area contributed by atoms with Crippen LogP contribution in [0.4, 0.5) is 0 Å². The number of hydrogen-bond donors (Lipinski definition) is 2. The highest BCUT2D eigenvalue weighted by molar-refractivity contribution is 6.16. The number of allylic oxidation sites excluding steroid dienone is 3. The Morgan fingerprint density at radius 3 is 2.29 bits per heavy atom. The molecule has 0 saturated carbocycles. The lowest BCUT2D eigenvalue weighted by Crippen LogP contribution is -2.54. The molecule has 4 aliphatic heterocycles. The Morgan fingerprint density at radius 2 is 1.69 bits per heavy atom. The molecule has 0 spiro atoms. The van der Waals surface area contributed by atoms with Gasteiger partial charge in [-0.05, 0) is 107 Å². The van der Waals surface area contributed by atoms with Gasteiger partial charge in [-0.25, -0.2) is 4.79 Å². The van der Waals surface area contributed by atoms with Crippen molar-refractivity contribution in [1.82, 2.24) is 0 Å². The van der Waals surface area contributed by atoms with Gasteiger partial charge in [0, 0.05) is 29.0 Å². The summed E-state index contributed by atoms with van der Waals surface area (Å²) >= 11 is 0. The largest absolute Gasteiger partial charge is 0.506 e. The van der Waals surface area contributed by atoms with Crippen molar-refractivity contribution in [2.24, 2.45) is 5.92 Å². The van der Waals surface area contributed by atoms with Crippen molar-refractivity contribution >= 4 is 24.1 Å². The summed E-state index contributed by atoms with van der Waals surface area (Å²) in [6.07, 6.45) is 11.8. The van der Waals surface area contributed by atoms with Crippen LogP contribution in [0.5, 0.6) is 17.2 Å². The van der Waals surface area contributed by atoms with Gasteiger partial charge in [0.15, 0.2) is 11.4 Å². The molecule has 1 saturated heterocycles. The van der Waals surface area contributed by atoms with E-state index in [1.165, 1.54) is 12.5 Å². The minimum atomic E-state index is -1.46. The van der Waals surface area contributed by atoms with Crippen molar-refractivity contribution in [3.8, 4) is 17.2 Å². The third-order valence-corrected chi connectivity index (χ3v) is 10.2. The molecule has 260 valence electrons. The van der Waals surface area contributed by atoms with Crippen LogP contribution in [0.3, 0.4) is 0 Å². The molecule has 1 aromatic carbocycles. The van der Waals surface area contributed by atoms with Crippen LogP contribution >= 0.6 is 0 Å². The van der Waals surface area contributed by atoms with Crippen molar-refractivity contribution in [1.29, 1.82) is 0 Å². The number of hydrogen-bond acceptors (Lipinski definition) is 8. The van der Waals surface area contributed by atoms with Crippen LogP contribution in [0.2, 0.25) is 0 Å². The van der Waals surface area contributed by atoms with E-state index in [0.717, 1.165) is 12.7 Å². The number of ether oxygens (including phenoxy) is 4. The van der Waals surface area contributed by atoms with Crippen LogP contribution in [0.15, 0.2) is 41.0 Å². The molecule has 0 aromatic heterocycles. The van der Waals surface area contributed by atoms with E-state index >= 15 is 0 Å². The first-order chi connectivity index (χ1) is 22.3. The number of phenolic OH excluding ortho intramolecular Hbond substituents is 1. The van der Waals surface area contributed by atoms with E-state index in [1.54, 1.807) is 19.1 Å². The number of Topliss-reactive ketones (excluding diaryl/α,β-unsaturated/α-hetero) is 1. The van der Waals surface area contributed by atoms with Crippen LogP contribution in [-0.4, -0.2) is 62.9 Å². The maximum atomic E-state index is 14.8. The molecule has 5 rings (SSSR count). The lowest BCUT2D eigenvalue weighted by atomic mass is 9.77. The fourth-order valence-corrected chi connectivity index (χ4v) is 6.89. The molecule has 2 unspecified atom stereocenters. The Morgan fingerprint density at radius 1 is 1.00 bits per heavy atom. The van der Waals surface area contributed by atoms with Crippen molar-refractivity contribution in [2.45, 2.75) is 135 Å². The summed E-state index contributed by atoms with van der Waals surface area (Å²) in [6.45, 7) is 17.2. The number of carbonyl (C=O) groups excluding carboxylic acids is 2. The van der Waals surface area contributed by atoms with E-state index in [2.05, 4.69) is 19.9 Å². The van der Waals surface area contributed by atoms with Gasteiger partial charge in [0.1, 0.15) is 40.8 Å². The van der Waals surface area contributed by atoms with E-state index in [9.17, 15) is 24.6 Å². The van der Waals surface area contributed by atoms with Crippen LogP contribution in [0.1, 0.15) is 116 Å². The fraction of sp³-hybridized carbons (Fsp3) is 0.564. The third-order valence-electron chi connectivity index (χ3n) is 10.2. The van der Waals surface area contributed by atoms with E-state index in [-0.39, 0.29) is 40.7 Å². The van der Waals surface area contributed by atoms with Gasteiger partial charge in [-0.15, -0.1) is 0 Å². The summed E-state index contributed by atoms with van der Waals surface area (Å²) in [5, 5.41) is 21.5. The number of carboxylic acids is 1. The van der Waals surface area contributed by atoms with Crippen LogP contribution in [0, 0.1) is 5.92 Å². The van der Waals surface area contributed by atoms with Crippen molar-refractivity contribution in [2.75, 3.05) is 0 Å². The van der Waals surface area contributed by atoms with Crippen LogP contribution in [0.25, 0.3) is 6.08 Å². The molecule has 1 fully saturated rings. The Balaban J connectivity index is 1.73. The number of aromatic hydroxyl groups is 1. The summed E-state index contributed by atoms with van der Waals surface area (Å²) in [7, 11) is 0. The predicted octanol–water partition coefficient (Wildman–Crippen LogP) is 7.48. The van der Waals surface area contributed by atoms with Crippen LogP contribution < -0.4 is 9.47 Å². The summed E-state index contributed by atoms with van der Waals surface area (Å²) in [5.41, 5.74) is -0.736. The third kappa shape index (κ3) is 6.90. The second-order valence-electron chi connectivity index (χ2n) is 15.5. The number of benzene rings is 1. The van der Waals surface area contributed by atoms with Crippen molar-refractivity contribution in [3.05, 3.63) is 57.7 Å².